The summed E-state index contributed by atoms with van der Waals surface area (Å²) in [4.78, 5) is 26.7. The van der Waals surface area contributed by atoms with Gasteiger partial charge in [0.15, 0.2) is 17.5 Å². The van der Waals surface area contributed by atoms with Crippen molar-refractivity contribution in [1.29, 1.82) is 0 Å². The van der Waals surface area contributed by atoms with Crippen LogP contribution in [-0.2, 0) is 4.74 Å². The molecule has 0 spiro atoms. The molecule has 1 unspecified atom stereocenters. The highest BCUT2D eigenvalue weighted by Gasteiger charge is 2.27. The standard InChI is InChI=1S/C27H29F3N4O3.H2S/c1-16(37-19-13-21(28)25(30)22(29)14-19)20-11-17(27(35)33(2)18-5-3-4-6-18)12-23-26(20)32-24(15-31-23)34-7-9-36-10-8-34;/h11-16,18H,3-10H2,1-2H3;1H2. The van der Waals surface area contributed by atoms with Crippen LogP contribution in [0, 0.1) is 17.5 Å². The van der Waals surface area contributed by atoms with E-state index in [4.69, 9.17) is 14.5 Å². The third-order valence-electron chi connectivity index (χ3n) is 7.15. The van der Waals surface area contributed by atoms with Gasteiger partial charge in [-0.2, -0.15) is 13.5 Å². The molecule has 1 saturated carbocycles. The monoisotopic (exact) mass is 548 g/mol. The van der Waals surface area contributed by atoms with E-state index in [-0.39, 0.29) is 31.2 Å². The highest BCUT2D eigenvalue weighted by Crippen LogP contribution is 2.32. The number of morpholine rings is 1. The summed E-state index contributed by atoms with van der Waals surface area (Å²) in [7, 11) is 1.80. The van der Waals surface area contributed by atoms with Crippen molar-refractivity contribution >= 4 is 36.3 Å². The molecule has 204 valence electrons. The fourth-order valence-corrected chi connectivity index (χ4v) is 5.04. The van der Waals surface area contributed by atoms with E-state index in [1.165, 1.54) is 0 Å². The van der Waals surface area contributed by atoms with Crippen molar-refractivity contribution in [2.75, 3.05) is 38.3 Å². The lowest BCUT2D eigenvalue weighted by Gasteiger charge is -2.28. The largest absolute Gasteiger partial charge is 0.486 e. The summed E-state index contributed by atoms with van der Waals surface area (Å²) in [5.74, 6) is -3.90. The fraction of sp³-hybridized carbons (Fsp3) is 0.444. The lowest BCUT2D eigenvalue weighted by molar-refractivity contribution is 0.0735. The topological polar surface area (TPSA) is 67.8 Å². The van der Waals surface area contributed by atoms with Gasteiger partial charge in [0, 0.05) is 49.4 Å². The first-order valence-corrected chi connectivity index (χ1v) is 12.5. The molecule has 2 aliphatic rings. The quantitative estimate of drug-likeness (QED) is 0.397. The summed E-state index contributed by atoms with van der Waals surface area (Å²) < 4.78 is 52.4. The molecule has 5 rings (SSSR count). The van der Waals surface area contributed by atoms with Crippen molar-refractivity contribution in [3.8, 4) is 5.75 Å². The maximum absolute atomic E-state index is 13.8. The molecule has 1 aliphatic heterocycles. The summed E-state index contributed by atoms with van der Waals surface area (Å²) >= 11 is 0. The smallest absolute Gasteiger partial charge is 0.253 e. The van der Waals surface area contributed by atoms with E-state index in [9.17, 15) is 18.0 Å². The maximum atomic E-state index is 13.8. The van der Waals surface area contributed by atoms with Crippen LogP contribution in [-0.4, -0.2) is 60.2 Å². The van der Waals surface area contributed by atoms with Gasteiger partial charge in [0.1, 0.15) is 17.7 Å². The number of halogens is 3. The molecule has 0 N–H and O–H groups in total. The highest BCUT2D eigenvalue weighted by atomic mass is 32.1. The minimum atomic E-state index is -1.56. The van der Waals surface area contributed by atoms with E-state index in [0.29, 0.717) is 54.3 Å². The molecule has 38 heavy (non-hydrogen) atoms. The molecule has 1 saturated heterocycles. The molecule has 3 aromatic rings. The number of benzene rings is 2. The van der Waals surface area contributed by atoms with Crippen molar-refractivity contribution < 1.29 is 27.4 Å². The maximum Gasteiger partial charge on any atom is 0.253 e. The predicted molar refractivity (Wildman–Crippen MR) is 143 cm³/mol. The zero-order valence-electron chi connectivity index (χ0n) is 21.3. The van der Waals surface area contributed by atoms with Crippen molar-refractivity contribution in [1.82, 2.24) is 14.9 Å². The van der Waals surface area contributed by atoms with Crippen LogP contribution in [0.15, 0.2) is 30.5 Å². The van der Waals surface area contributed by atoms with Crippen LogP contribution in [0.25, 0.3) is 11.0 Å². The number of carbonyl (C=O) groups is 1. The average Bonchev–Trinajstić information content (AvgIpc) is 3.45. The third-order valence-corrected chi connectivity index (χ3v) is 7.15. The Kier molecular flexibility index (Phi) is 8.67. The van der Waals surface area contributed by atoms with Crippen molar-refractivity contribution in [3.63, 3.8) is 0 Å². The second-order valence-corrected chi connectivity index (χ2v) is 9.58. The Balaban J connectivity index is 0.00000336. The van der Waals surface area contributed by atoms with Crippen LogP contribution in [0.2, 0.25) is 0 Å². The van der Waals surface area contributed by atoms with E-state index in [2.05, 4.69) is 9.88 Å². The molecule has 11 heteroatoms. The van der Waals surface area contributed by atoms with Crippen LogP contribution < -0.4 is 9.64 Å². The number of hydrogen-bond acceptors (Lipinski definition) is 6. The molecule has 2 fully saturated rings. The molecule has 1 aromatic heterocycles. The minimum absolute atomic E-state index is 0. The first-order valence-electron chi connectivity index (χ1n) is 12.5. The number of amides is 1. The number of anilines is 1. The molecular weight excluding hydrogens is 517 g/mol. The second-order valence-electron chi connectivity index (χ2n) is 9.58. The van der Waals surface area contributed by atoms with E-state index < -0.39 is 23.6 Å². The average molecular weight is 549 g/mol. The summed E-state index contributed by atoms with van der Waals surface area (Å²) in [5, 5.41) is 0. The van der Waals surface area contributed by atoms with E-state index in [1.807, 2.05) is 0 Å². The Morgan fingerprint density at radius 3 is 2.42 bits per heavy atom. The molecule has 7 nitrogen and oxygen atoms in total. The van der Waals surface area contributed by atoms with E-state index in [1.54, 1.807) is 37.2 Å². The summed E-state index contributed by atoms with van der Waals surface area (Å²) in [6, 6.07) is 5.19. The van der Waals surface area contributed by atoms with Crippen molar-refractivity contribution in [3.05, 3.63) is 59.0 Å². The Hall–Kier alpha value is -3.05. The first-order chi connectivity index (χ1) is 17.8. The van der Waals surface area contributed by atoms with Gasteiger partial charge in [0.2, 0.25) is 0 Å². The molecule has 1 aliphatic carbocycles. The number of carbonyl (C=O) groups excluding carboxylic acids is 1. The number of aromatic nitrogens is 2. The third kappa shape index (κ3) is 5.68. The van der Waals surface area contributed by atoms with Crippen LogP contribution in [0.3, 0.4) is 0 Å². The number of hydrogen-bond donors (Lipinski definition) is 0. The van der Waals surface area contributed by atoms with Crippen LogP contribution in [0.5, 0.6) is 5.75 Å². The molecule has 1 atom stereocenters. The van der Waals surface area contributed by atoms with Gasteiger partial charge in [-0.25, -0.2) is 18.2 Å². The van der Waals surface area contributed by atoms with Gasteiger partial charge in [-0.3, -0.25) is 9.78 Å². The van der Waals surface area contributed by atoms with Gasteiger partial charge in [-0.05, 0) is 31.9 Å². The Bertz CT molecular complexity index is 1290. The second kappa shape index (κ2) is 11.8. The molecule has 0 bridgehead atoms. The van der Waals surface area contributed by atoms with Crippen LogP contribution in [0.4, 0.5) is 19.0 Å². The van der Waals surface area contributed by atoms with Gasteiger partial charge in [0.05, 0.1) is 30.4 Å². The van der Waals surface area contributed by atoms with Crippen molar-refractivity contribution in [2.24, 2.45) is 0 Å². The lowest BCUT2D eigenvalue weighted by Crippen LogP contribution is -2.37. The molecule has 1 amide bonds. The predicted octanol–water partition coefficient (Wildman–Crippen LogP) is 5.15. The van der Waals surface area contributed by atoms with Crippen LogP contribution in [0.1, 0.15) is 54.6 Å². The van der Waals surface area contributed by atoms with Gasteiger partial charge in [-0.15, -0.1) is 0 Å². The summed E-state index contributed by atoms with van der Waals surface area (Å²) in [6.45, 7) is 4.17. The van der Waals surface area contributed by atoms with Gasteiger partial charge in [-0.1, -0.05) is 12.8 Å². The molecular formula is C27H31F3N4O3S. The Morgan fingerprint density at radius 1 is 1.11 bits per heavy atom. The summed E-state index contributed by atoms with van der Waals surface area (Å²) in [5.41, 5.74) is 1.98. The number of fused-ring (bicyclic) bond motifs is 1. The van der Waals surface area contributed by atoms with Crippen molar-refractivity contribution in [2.45, 2.75) is 44.8 Å². The van der Waals surface area contributed by atoms with Gasteiger partial charge < -0.3 is 19.3 Å². The first kappa shape index (κ1) is 28.0. The zero-order valence-corrected chi connectivity index (χ0v) is 22.3. The fourth-order valence-electron chi connectivity index (χ4n) is 5.04. The lowest BCUT2D eigenvalue weighted by atomic mass is 10.0. The van der Waals surface area contributed by atoms with Gasteiger partial charge in [0.25, 0.3) is 5.91 Å². The number of ether oxygens (including phenoxy) is 2. The minimum Gasteiger partial charge on any atom is -0.486 e. The van der Waals surface area contributed by atoms with E-state index in [0.717, 1.165) is 37.8 Å². The van der Waals surface area contributed by atoms with E-state index >= 15 is 0 Å². The highest BCUT2D eigenvalue weighted by molar-refractivity contribution is 7.59. The van der Waals surface area contributed by atoms with Gasteiger partial charge >= 0.3 is 0 Å². The van der Waals surface area contributed by atoms with Crippen LogP contribution >= 0.6 is 13.5 Å². The zero-order chi connectivity index (χ0) is 26.1. The Labute approximate surface area is 226 Å². The molecule has 2 aromatic carbocycles. The molecule has 2 heterocycles. The number of nitrogens with zero attached hydrogens (tertiary/aromatic N) is 4. The normalized spacial score (nSPS) is 16.8. The SMILES string of the molecule is CC(Oc1cc(F)c(F)c(F)c1)c1cc(C(=O)N(C)C2CCCC2)cc2ncc(N3CCOCC3)nc12.S. The summed E-state index contributed by atoms with van der Waals surface area (Å²) in [6.07, 6.45) is 5.01. The molecule has 0 radical (unpaired) electrons. The number of rotatable bonds is 6. The Morgan fingerprint density at radius 2 is 1.76 bits per heavy atom.